The maximum Gasteiger partial charge on any atom is 0.254 e. The van der Waals surface area contributed by atoms with E-state index < -0.39 is 0 Å². The molecule has 1 N–H and O–H groups in total. The molecule has 444 valence electrons. The fraction of sp³-hybridized carbons (Fsp3) is 0.521. The zero-order chi connectivity index (χ0) is 58.5. The number of hydrogen-bond acceptors (Lipinski definition) is 10. The van der Waals surface area contributed by atoms with E-state index in [4.69, 9.17) is 0 Å². The van der Waals surface area contributed by atoms with Crippen LogP contribution in [0.5, 0.6) is 0 Å². The number of nitrogens with zero attached hydrogens (tertiary/aromatic N) is 6. The first kappa shape index (κ1) is 60.1. The lowest BCUT2D eigenvalue weighted by Gasteiger charge is -2.37. The second-order valence-corrected chi connectivity index (χ2v) is 25.3. The number of carbonyl (C=O) groups is 6. The van der Waals surface area contributed by atoms with Gasteiger partial charge in [-0.05, 0) is 142 Å². The van der Waals surface area contributed by atoms with Gasteiger partial charge in [0, 0.05) is 112 Å². The van der Waals surface area contributed by atoms with E-state index in [0.717, 1.165) is 159 Å². The largest absolute Gasteiger partial charge is 0.371 e. The first-order chi connectivity index (χ1) is 40.8. The van der Waals surface area contributed by atoms with Crippen LogP contribution in [0.1, 0.15) is 193 Å². The number of amides is 2. The molecule has 3 aromatic carbocycles. The summed E-state index contributed by atoms with van der Waals surface area (Å²) in [6.07, 6.45) is 30.9. The van der Waals surface area contributed by atoms with Crippen molar-refractivity contribution in [3.8, 4) is 0 Å². The molecule has 0 bridgehead atoms. The van der Waals surface area contributed by atoms with Crippen LogP contribution < -0.4 is 4.90 Å². The molecule has 1 aromatic heterocycles. The second-order valence-electron chi connectivity index (χ2n) is 25.3. The Morgan fingerprint density at radius 1 is 0.512 bits per heavy atom. The van der Waals surface area contributed by atoms with E-state index in [2.05, 4.69) is 38.3 Å². The molecule has 4 aromatic rings. The second kappa shape index (κ2) is 28.7. The first-order valence-electron chi connectivity index (χ1n) is 32.0. The third-order valence-corrected chi connectivity index (χ3v) is 18.9. The number of aromatic amines is 1. The summed E-state index contributed by atoms with van der Waals surface area (Å²) in [5.41, 5.74) is 10.1. The van der Waals surface area contributed by atoms with Gasteiger partial charge in [0.1, 0.15) is 0 Å². The number of hydrogen-bond donors (Lipinski definition) is 1. The molecule has 13 nitrogen and oxygen atoms in total. The highest BCUT2D eigenvalue weighted by Gasteiger charge is 2.32. The third kappa shape index (κ3) is 16.4. The van der Waals surface area contributed by atoms with Crippen molar-refractivity contribution in [2.45, 2.75) is 156 Å². The Hall–Kier alpha value is -7.02. The van der Waals surface area contributed by atoms with Crippen LogP contribution in [-0.2, 0) is 9.59 Å². The molecule has 2 saturated heterocycles. The van der Waals surface area contributed by atoms with Gasteiger partial charge in [0.25, 0.3) is 11.8 Å². The first-order valence-corrected chi connectivity index (χ1v) is 32.0. The lowest BCUT2D eigenvalue weighted by atomic mass is 9.75. The predicted octanol–water partition coefficient (Wildman–Crippen LogP) is 13.3. The molecule has 13 heteroatoms. The monoisotopic (exact) mass is 1140 g/mol. The fourth-order valence-corrected chi connectivity index (χ4v) is 12.8. The van der Waals surface area contributed by atoms with Crippen molar-refractivity contribution in [3.63, 3.8) is 0 Å². The number of aryl methyl sites for hydroxylation is 3. The maximum absolute atomic E-state index is 12.9. The number of ketones is 4. The summed E-state index contributed by atoms with van der Waals surface area (Å²) in [7, 11) is 0. The Labute approximate surface area is 498 Å². The summed E-state index contributed by atoms with van der Waals surface area (Å²) in [5.74, 6) is 5.47. The molecule has 0 atom stereocenters. The summed E-state index contributed by atoms with van der Waals surface area (Å²) in [4.78, 5) is 88.1. The Bertz CT molecular complexity index is 3130. The number of H-pyrrole nitrogens is 1. The topological polar surface area (TPSA) is 157 Å². The van der Waals surface area contributed by atoms with Gasteiger partial charge < -0.3 is 19.6 Å². The molecule has 0 unspecified atom stereocenters. The Kier molecular flexibility index (Phi) is 20.5. The van der Waals surface area contributed by atoms with Crippen LogP contribution >= 0.6 is 0 Å². The summed E-state index contributed by atoms with van der Waals surface area (Å²) in [6, 6.07) is 23.4. The predicted molar refractivity (Wildman–Crippen MR) is 331 cm³/mol. The maximum atomic E-state index is 12.9. The van der Waals surface area contributed by atoms with E-state index >= 15 is 0 Å². The summed E-state index contributed by atoms with van der Waals surface area (Å²) >= 11 is 0. The lowest BCUT2D eigenvalue weighted by Crippen LogP contribution is -2.49. The molecular formula is C71H89N7O6. The normalized spacial score (nSPS) is 20.4. The average Bonchev–Trinajstić information content (AvgIpc) is 4.59. The molecule has 4 saturated carbocycles. The molecule has 0 radical (unpaired) electrons. The number of aromatic nitrogens is 3. The molecule has 0 spiro atoms. The van der Waals surface area contributed by atoms with Gasteiger partial charge in [-0.2, -0.15) is 4.98 Å². The van der Waals surface area contributed by atoms with Gasteiger partial charge >= 0.3 is 0 Å². The number of carbonyl (C=O) groups excluding carboxylic acids is 6. The highest BCUT2D eigenvalue weighted by Crippen LogP contribution is 2.40. The molecule has 8 aliphatic rings. The van der Waals surface area contributed by atoms with E-state index in [-0.39, 0.29) is 23.5 Å². The van der Waals surface area contributed by atoms with E-state index in [9.17, 15) is 28.8 Å². The van der Waals surface area contributed by atoms with Crippen LogP contribution in [0.4, 0.5) is 5.95 Å². The van der Waals surface area contributed by atoms with Gasteiger partial charge in [-0.15, -0.1) is 5.10 Å². The smallest absolute Gasteiger partial charge is 0.254 e. The molecule has 84 heavy (non-hydrogen) atoms. The van der Waals surface area contributed by atoms with Crippen molar-refractivity contribution < 1.29 is 28.8 Å². The highest BCUT2D eigenvalue weighted by atomic mass is 16.2. The van der Waals surface area contributed by atoms with Crippen molar-refractivity contribution in [2.75, 3.05) is 57.3 Å². The van der Waals surface area contributed by atoms with Crippen molar-refractivity contribution in [1.29, 1.82) is 0 Å². The van der Waals surface area contributed by atoms with Gasteiger partial charge in [0.15, 0.2) is 29.0 Å². The Morgan fingerprint density at radius 2 is 0.976 bits per heavy atom. The Balaban J connectivity index is 0.000000140. The number of nitrogens with one attached hydrogen (secondary N) is 1. The number of anilines is 1. The van der Waals surface area contributed by atoms with Crippen LogP contribution in [0.2, 0.25) is 0 Å². The number of benzene rings is 3. The SMILES string of the molecule is Cc1ccccc1C(=O)C1CCC(C2=CCC(C(=O)CCCC3CC3)=C2)CC1.Cc1ccccc1C(=O)N1CCN(C2=CC=C(C(=O)CCCC3CC3)C2)CC1.Cc1ccccc1C(=O)N1CCN(c2n[nH]c(C(=O)CCCC3CC3)n2)CC1. The average molecular weight is 1140 g/mol. The molecule has 6 aliphatic carbocycles. The Morgan fingerprint density at radius 3 is 1.48 bits per heavy atom. The van der Waals surface area contributed by atoms with Crippen LogP contribution in [0.25, 0.3) is 0 Å². The minimum absolute atomic E-state index is 0.0350. The van der Waals surface area contributed by atoms with Gasteiger partial charge in [-0.1, -0.05) is 137 Å². The number of piperazine rings is 2. The lowest BCUT2D eigenvalue weighted by molar-refractivity contribution is -0.116. The van der Waals surface area contributed by atoms with Crippen LogP contribution in [0.3, 0.4) is 0 Å². The van der Waals surface area contributed by atoms with E-state index in [1.165, 1.54) is 62.6 Å². The van der Waals surface area contributed by atoms with E-state index in [1.807, 2.05) is 114 Å². The van der Waals surface area contributed by atoms with Crippen LogP contribution in [0.15, 0.2) is 120 Å². The molecule has 12 rings (SSSR count). The molecule has 6 fully saturated rings. The number of allylic oxidation sites excluding steroid dienone is 7. The number of Topliss-reactive ketones (excluding diaryl/α,β-unsaturated/α-hetero) is 4. The molecule has 2 amide bonds. The highest BCUT2D eigenvalue weighted by molar-refractivity contribution is 6.00. The van der Waals surface area contributed by atoms with Crippen molar-refractivity contribution in [2.24, 2.45) is 29.6 Å². The standard InChI is InChI=1S/C26H32O2.C24H30N2O2.C21H27N5O2/c1-18-5-2-3-7-24(18)26(28)21-13-11-20(12-14-21)22-15-16-23(17-22)25(27)8-4-6-19-9-10-19;1-18-5-2-3-7-22(18)24(28)26-15-13-25(14-16-26)21-12-11-20(17-21)23(27)8-4-6-19-9-10-19;1-15-5-2-3-7-17(15)20(28)25-11-13-26(14-12-25)21-22-19(23-24-21)18(27)8-4-6-16-9-10-16/h2-3,5,7,15,17,19-21H,4,6,8-14,16H2,1H3;2-3,5,7,11-12,19H,4,6,8-10,13-17H2,1H3;2-3,5,7,16H,4,6,8-14H2,1H3,(H,22,23,24). The number of rotatable bonds is 22. The van der Waals surface area contributed by atoms with E-state index in [0.29, 0.717) is 74.1 Å². The molecule has 3 heterocycles. The van der Waals surface area contributed by atoms with E-state index in [1.54, 1.807) is 0 Å². The quantitative estimate of drug-likeness (QED) is 0.0751. The molecule has 2 aliphatic heterocycles. The zero-order valence-electron chi connectivity index (χ0n) is 50.3. The minimum atomic E-state index is 0.0350. The van der Waals surface area contributed by atoms with Gasteiger partial charge in [0.2, 0.25) is 5.95 Å². The minimum Gasteiger partial charge on any atom is -0.371 e. The van der Waals surface area contributed by atoms with Crippen LogP contribution in [0, 0.1) is 50.4 Å². The van der Waals surface area contributed by atoms with Gasteiger partial charge in [-0.25, -0.2) is 0 Å². The summed E-state index contributed by atoms with van der Waals surface area (Å²) < 4.78 is 0. The van der Waals surface area contributed by atoms with Crippen molar-refractivity contribution in [1.82, 2.24) is 29.9 Å². The van der Waals surface area contributed by atoms with Crippen LogP contribution in [-0.4, -0.2) is 117 Å². The zero-order valence-corrected chi connectivity index (χ0v) is 50.3. The van der Waals surface area contributed by atoms with Crippen molar-refractivity contribution >= 4 is 40.9 Å². The van der Waals surface area contributed by atoms with Gasteiger partial charge in [0.05, 0.1) is 0 Å². The summed E-state index contributed by atoms with van der Waals surface area (Å²) in [6.45, 7) is 11.7. The molecular weight excluding hydrogens is 1050 g/mol. The van der Waals surface area contributed by atoms with Crippen molar-refractivity contribution in [3.05, 3.63) is 159 Å². The fourth-order valence-electron chi connectivity index (χ4n) is 12.8. The third-order valence-electron chi connectivity index (χ3n) is 18.9. The summed E-state index contributed by atoms with van der Waals surface area (Å²) in [5, 5.41) is 7.02. The van der Waals surface area contributed by atoms with Gasteiger partial charge in [-0.3, -0.25) is 33.9 Å².